The molecule has 0 aliphatic rings. The minimum Gasteiger partial charge on any atom is -0.497 e. The van der Waals surface area contributed by atoms with Gasteiger partial charge in [0, 0.05) is 16.0 Å². The second-order valence-corrected chi connectivity index (χ2v) is 10.4. The SMILES string of the molecule is CCCCCCS/C(=C(/C#Cc1ccc(OC)cc1)C#Cc1c(C)cc(C)cc1C)c1ccc(OC)cc1. The number of hydrogen-bond acceptors (Lipinski definition) is 3. The Balaban J connectivity index is 2.13. The maximum atomic E-state index is 5.41. The van der Waals surface area contributed by atoms with Gasteiger partial charge in [0.1, 0.15) is 11.5 Å². The summed E-state index contributed by atoms with van der Waals surface area (Å²) in [5.74, 6) is 16.4. The van der Waals surface area contributed by atoms with E-state index in [1.807, 2.05) is 48.2 Å². The van der Waals surface area contributed by atoms with Crippen LogP contribution in [0.5, 0.6) is 11.5 Å². The Labute approximate surface area is 233 Å². The Morgan fingerprint density at radius 1 is 0.737 bits per heavy atom. The van der Waals surface area contributed by atoms with Crippen LogP contribution in [0.25, 0.3) is 4.91 Å². The molecule has 3 rings (SSSR count). The van der Waals surface area contributed by atoms with E-state index in [1.165, 1.54) is 42.4 Å². The van der Waals surface area contributed by atoms with Crippen LogP contribution in [0.2, 0.25) is 0 Å². The average Bonchev–Trinajstić information content (AvgIpc) is 2.92. The second-order valence-electron chi connectivity index (χ2n) is 9.34. The van der Waals surface area contributed by atoms with Crippen LogP contribution in [-0.4, -0.2) is 20.0 Å². The van der Waals surface area contributed by atoms with Crippen molar-refractivity contribution < 1.29 is 9.47 Å². The number of thioether (sulfide) groups is 1. The molecule has 0 saturated carbocycles. The molecule has 0 fully saturated rings. The van der Waals surface area contributed by atoms with E-state index in [0.29, 0.717) is 0 Å². The van der Waals surface area contributed by atoms with E-state index in [0.717, 1.165) is 44.4 Å². The van der Waals surface area contributed by atoms with Gasteiger partial charge in [0.2, 0.25) is 0 Å². The van der Waals surface area contributed by atoms with E-state index >= 15 is 0 Å². The molecule has 0 atom stereocenters. The molecule has 3 heteroatoms. The fraction of sp³-hybridized carbons (Fsp3) is 0.314. The fourth-order valence-electron chi connectivity index (χ4n) is 4.20. The van der Waals surface area contributed by atoms with E-state index in [9.17, 15) is 0 Å². The van der Waals surface area contributed by atoms with Crippen molar-refractivity contribution in [3.8, 4) is 35.2 Å². The summed E-state index contributed by atoms with van der Waals surface area (Å²) in [6, 6.07) is 20.4. The lowest BCUT2D eigenvalue weighted by atomic mass is 10.00. The highest BCUT2D eigenvalue weighted by atomic mass is 32.2. The van der Waals surface area contributed by atoms with Gasteiger partial charge in [-0.05, 0) is 86.0 Å². The molecule has 0 spiro atoms. The van der Waals surface area contributed by atoms with E-state index in [1.54, 1.807) is 14.2 Å². The molecule has 0 unspecified atom stereocenters. The predicted molar refractivity (Wildman–Crippen MR) is 164 cm³/mol. The van der Waals surface area contributed by atoms with Crippen molar-refractivity contribution in [2.24, 2.45) is 0 Å². The zero-order chi connectivity index (χ0) is 27.3. The number of hydrogen-bond donors (Lipinski definition) is 0. The first-order valence-electron chi connectivity index (χ1n) is 13.2. The van der Waals surface area contributed by atoms with Gasteiger partial charge in [-0.3, -0.25) is 0 Å². The molecule has 38 heavy (non-hydrogen) atoms. The quantitative estimate of drug-likeness (QED) is 0.207. The zero-order valence-corrected chi connectivity index (χ0v) is 24.4. The Morgan fingerprint density at radius 3 is 1.89 bits per heavy atom. The smallest absolute Gasteiger partial charge is 0.118 e. The lowest BCUT2D eigenvalue weighted by Crippen LogP contribution is -1.92. The van der Waals surface area contributed by atoms with Crippen molar-refractivity contribution in [3.05, 3.63) is 99.6 Å². The van der Waals surface area contributed by atoms with Crippen LogP contribution in [0.15, 0.2) is 66.2 Å². The molecule has 196 valence electrons. The maximum Gasteiger partial charge on any atom is 0.118 e. The molecule has 3 aromatic carbocycles. The number of methoxy groups -OCH3 is 2. The van der Waals surface area contributed by atoms with Crippen LogP contribution < -0.4 is 9.47 Å². The molecule has 0 aliphatic carbocycles. The first-order chi connectivity index (χ1) is 18.4. The van der Waals surface area contributed by atoms with E-state index in [4.69, 9.17) is 9.47 Å². The highest BCUT2D eigenvalue weighted by molar-refractivity contribution is 8.08. The molecule has 0 aromatic heterocycles. The number of ether oxygens (including phenoxy) is 2. The van der Waals surface area contributed by atoms with E-state index in [-0.39, 0.29) is 0 Å². The summed E-state index contributed by atoms with van der Waals surface area (Å²) in [6.07, 6.45) is 4.89. The van der Waals surface area contributed by atoms with Gasteiger partial charge in [0.05, 0.1) is 19.8 Å². The molecule has 0 heterocycles. The summed E-state index contributed by atoms with van der Waals surface area (Å²) in [7, 11) is 3.36. The monoisotopic (exact) mass is 522 g/mol. The Morgan fingerprint density at radius 2 is 1.32 bits per heavy atom. The first kappa shape index (κ1) is 29.0. The van der Waals surface area contributed by atoms with Crippen LogP contribution in [0.3, 0.4) is 0 Å². The standard InChI is InChI=1S/C35H38O2S/c1-7-8-9-10-23-38-35(31-15-20-33(37-6)21-16-31)30(14-11-29-12-18-32(36-5)19-13-29)17-22-34-27(3)24-26(2)25-28(34)4/h12-13,15-16,18-21,24-25H,7-10,23H2,1-6H3/b35-30-. The number of aryl methyl sites for hydroxylation is 3. The summed E-state index contributed by atoms with van der Waals surface area (Å²) >= 11 is 1.85. The minimum absolute atomic E-state index is 0.818. The van der Waals surface area contributed by atoms with Crippen LogP contribution in [0.1, 0.15) is 66.0 Å². The summed E-state index contributed by atoms with van der Waals surface area (Å²) in [5, 5.41) is 0. The van der Waals surface area contributed by atoms with Gasteiger partial charge in [0.25, 0.3) is 0 Å². The lowest BCUT2D eigenvalue weighted by molar-refractivity contribution is 0.414. The molecule has 0 aliphatic heterocycles. The molecule has 0 saturated heterocycles. The van der Waals surface area contributed by atoms with Gasteiger partial charge in [-0.1, -0.05) is 79.7 Å². The van der Waals surface area contributed by atoms with Crippen molar-refractivity contribution in [3.63, 3.8) is 0 Å². The maximum absolute atomic E-state index is 5.41. The highest BCUT2D eigenvalue weighted by Gasteiger charge is 2.10. The van der Waals surface area contributed by atoms with Gasteiger partial charge in [-0.15, -0.1) is 11.8 Å². The van der Waals surface area contributed by atoms with Crippen LogP contribution in [0.4, 0.5) is 0 Å². The number of rotatable bonds is 9. The normalized spacial score (nSPS) is 11.0. The van der Waals surface area contributed by atoms with Gasteiger partial charge in [-0.25, -0.2) is 0 Å². The van der Waals surface area contributed by atoms with Crippen molar-refractivity contribution in [2.75, 3.05) is 20.0 Å². The van der Waals surface area contributed by atoms with Crippen molar-refractivity contribution >= 4 is 16.7 Å². The summed E-state index contributed by atoms with van der Waals surface area (Å²) in [4.78, 5) is 1.11. The topological polar surface area (TPSA) is 18.5 Å². The molecule has 0 bridgehead atoms. The highest BCUT2D eigenvalue weighted by Crippen LogP contribution is 2.33. The van der Waals surface area contributed by atoms with Gasteiger partial charge in [0.15, 0.2) is 0 Å². The summed E-state index contributed by atoms with van der Waals surface area (Å²) < 4.78 is 10.7. The summed E-state index contributed by atoms with van der Waals surface area (Å²) in [5.41, 5.74) is 7.58. The Hall–Kier alpha value is -3.53. The Kier molecular flexibility index (Phi) is 11.5. The summed E-state index contributed by atoms with van der Waals surface area (Å²) in [6.45, 7) is 8.62. The zero-order valence-electron chi connectivity index (χ0n) is 23.5. The van der Waals surface area contributed by atoms with Crippen LogP contribution in [-0.2, 0) is 0 Å². The number of allylic oxidation sites excluding steroid dienone is 1. The molecule has 0 radical (unpaired) electrons. The third-order valence-corrected chi connectivity index (χ3v) is 7.46. The molecule has 0 N–H and O–H groups in total. The van der Waals surface area contributed by atoms with E-state index in [2.05, 4.69) is 75.6 Å². The predicted octanol–water partition coefficient (Wildman–Crippen LogP) is 8.76. The van der Waals surface area contributed by atoms with Gasteiger partial charge < -0.3 is 9.47 Å². The molecule has 3 aromatic rings. The fourth-order valence-corrected chi connectivity index (χ4v) is 5.30. The van der Waals surface area contributed by atoms with Crippen LogP contribution in [0, 0.1) is 44.5 Å². The van der Waals surface area contributed by atoms with Gasteiger partial charge >= 0.3 is 0 Å². The number of unbranched alkanes of at least 4 members (excludes halogenated alkanes) is 3. The molecular weight excluding hydrogens is 484 g/mol. The molecule has 2 nitrogen and oxygen atoms in total. The Bertz CT molecular complexity index is 1330. The second kappa shape index (κ2) is 15.0. The van der Waals surface area contributed by atoms with Crippen molar-refractivity contribution in [1.29, 1.82) is 0 Å². The number of benzene rings is 3. The van der Waals surface area contributed by atoms with Gasteiger partial charge in [-0.2, -0.15) is 0 Å². The third-order valence-electron chi connectivity index (χ3n) is 6.23. The van der Waals surface area contributed by atoms with Crippen molar-refractivity contribution in [2.45, 2.75) is 53.4 Å². The third kappa shape index (κ3) is 8.51. The van der Waals surface area contributed by atoms with Crippen LogP contribution >= 0.6 is 11.8 Å². The van der Waals surface area contributed by atoms with E-state index < -0.39 is 0 Å². The largest absolute Gasteiger partial charge is 0.497 e. The lowest BCUT2D eigenvalue weighted by Gasteiger charge is -2.10. The first-order valence-corrected chi connectivity index (χ1v) is 14.2. The minimum atomic E-state index is 0.818. The molecule has 0 amide bonds. The van der Waals surface area contributed by atoms with Crippen molar-refractivity contribution in [1.82, 2.24) is 0 Å². The molecular formula is C35H38O2S. The average molecular weight is 523 g/mol.